The fourth-order valence-corrected chi connectivity index (χ4v) is 0.983. The quantitative estimate of drug-likeness (QED) is 0.527. The molecule has 42 valence electrons. The predicted octanol–water partition coefficient (Wildman–Crippen LogP) is 0.950. The first-order valence-electron chi connectivity index (χ1n) is 2.76. The molecule has 0 fully saturated rings. The van der Waals surface area contributed by atoms with E-state index in [1.54, 1.807) is 0 Å². The Kier molecular flexibility index (Phi) is 0.640. The van der Waals surface area contributed by atoms with E-state index in [0.29, 0.717) is 0 Å². The number of aromatic nitrogens is 1. The maximum Gasteiger partial charge on any atom is 0.140 e. The summed E-state index contributed by atoms with van der Waals surface area (Å²) >= 11 is 0. The number of rotatable bonds is 0. The molecule has 0 saturated carbocycles. The average molecular weight is 109 g/mol. The van der Waals surface area contributed by atoms with Crippen LogP contribution in [0.2, 0.25) is 0 Å². The summed E-state index contributed by atoms with van der Waals surface area (Å²) in [6, 6.07) is 1.96. The summed E-state index contributed by atoms with van der Waals surface area (Å²) in [6.07, 6.45) is 2.95. The molecule has 1 aromatic rings. The highest BCUT2D eigenvalue weighted by Crippen LogP contribution is 2.22. The van der Waals surface area contributed by atoms with Crippen molar-refractivity contribution in [1.29, 1.82) is 0 Å². The van der Waals surface area contributed by atoms with Gasteiger partial charge in [0.1, 0.15) is 5.75 Å². The maximum absolute atomic E-state index is 5.21. The van der Waals surface area contributed by atoms with Crippen molar-refractivity contribution in [2.45, 2.75) is 6.42 Å². The summed E-state index contributed by atoms with van der Waals surface area (Å²) in [5.74, 6) is 1.03. The van der Waals surface area contributed by atoms with Crippen molar-refractivity contribution in [2.24, 2.45) is 0 Å². The minimum absolute atomic E-state index is 0.849. The van der Waals surface area contributed by atoms with Crippen molar-refractivity contribution in [3.8, 4) is 5.75 Å². The van der Waals surface area contributed by atoms with Gasteiger partial charge in [-0.15, -0.1) is 0 Å². The molecule has 0 atom stereocenters. The zero-order valence-corrected chi connectivity index (χ0v) is 4.48. The molecule has 0 unspecified atom stereocenters. The molecule has 0 saturated heterocycles. The fraction of sp³-hybridized carbons (Fsp3) is 0.333. The van der Waals surface area contributed by atoms with Gasteiger partial charge in [-0.25, -0.2) is 0 Å². The van der Waals surface area contributed by atoms with E-state index < -0.39 is 0 Å². The van der Waals surface area contributed by atoms with Crippen molar-refractivity contribution >= 4 is 0 Å². The SMILES string of the molecule is c1cc2c([nH]1)CCO2. The highest BCUT2D eigenvalue weighted by Gasteiger charge is 2.10. The minimum atomic E-state index is 0.849. The maximum atomic E-state index is 5.21. The largest absolute Gasteiger partial charge is 0.491 e. The second-order valence-corrected chi connectivity index (χ2v) is 1.92. The molecule has 1 aliphatic rings. The average Bonchev–Trinajstić information content (AvgIpc) is 2.15. The van der Waals surface area contributed by atoms with E-state index >= 15 is 0 Å². The molecule has 0 spiro atoms. The molecule has 2 rings (SSSR count). The third-order valence-electron chi connectivity index (χ3n) is 1.40. The normalized spacial score (nSPS) is 15.5. The van der Waals surface area contributed by atoms with Crippen LogP contribution in [-0.4, -0.2) is 11.6 Å². The molecule has 0 aromatic carbocycles. The Balaban J connectivity index is 2.54. The highest BCUT2D eigenvalue weighted by molar-refractivity contribution is 5.30. The lowest BCUT2D eigenvalue weighted by Crippen LogP contribution is -1.87. The third kappa shape index (κ3) is 0.372. The van der Waals surface area contributed by atoms with Crippen LogP contribution in [-0.2, 0) is 6.42 Å². The standard InChI is InChI=1S/C6H7NO/c1-3-7-5-2-4-8-6(1)5/h1,3,7H,2,4H2. The van der Waals surface area contributed by atoms with Gasteiger partial charge >= 0.3 is 0 Å². The first-order chi connectivity index (χ1) is 3.97. The van der Waals surface area contributed by atoms with E-state index in [9.17, 15) is 0 Å². The molecule has 0 aliphatic carbocycles. The van der Waals surface area contributed by atoms with E-state index in [1.165, 1.54) is 5.69 Å². The Bertz CT molecular complexity index is 174. The first kappa shape index (κ1) is 4.01. The molecule has 2 heteroatoms. The van der Waals surface area contributed by atoms with E-state index in [1.807, 2.05) is 12.3 Å². The molecule has 1 aromatic heterocycles. The van der Waals surface area contributed by atoms with E-state index in [4.69, 9.17) is 4.74 Å². The number of fused-ring (bicyclic) bond motifs is 1. The summed E-state index contributed by atoms with van der Waals surface area (Å²) in [5, 5.41) is 0. The molecule has 8 heavy (non-hydrogen) atoms. The van der Waals surface area contributed by atoms with E-state index in [0.717, 1.165) is 18.8 Å². The lowest BCUT2D eigenvalue weighted by atomic mass is 10.3. The van der Waals surface area contributed by atoms with Gasteiger partial charge in [-0.05, 0) is 6.07 Å². The van der Waals surface area contributed by atoms with Gasteiger partial charge in [0.2, 0.25) is 0 Å². The molecule has 0 radical (unpaired) electrons. The van der Waals surface area contributed by atoms with Crippen molar-refractivity contribution in [1.82, 2.24) is 4.98 Å². The first-order valence-corrected chi connectivity index (χ1v) is 2.76. The third-order valence-corrected chi connectivity index (χ3v) is 1.40. The summed E-state index contributed by atoms with van der Waals surface area (Å²) in [4.78, 5) is 3.09. The fourth-order valence-electron chi connectivity index (χ4n) is 0.983. The van der Waals surface area contributed by atoms with E-state index in [2.05, 4.69) is 4.98 Å². The van der Waals surface area contributed by atoms with Crippen LogP contribution in [0.3, 0.4) is 0 Å². The number of nitrogens with one attached hydrogen (secondary N) is 1. The smallest absolute Gasteiger partial charge is 0.140 e. The van der Waals surface area contributed by atoms with Crippen molar-refractivity contribution < 1.29 is 4.74 Å². The van der Waals surface area contributed by atoms with Gasteiger partial charge in [0, 0.05) is 12.6 Å². The summed E-state index contributed by atoms with van der Waals surface area (Å²) in [6.45, 7) is 0.849. The minimum Gasteiger partial charge on any atom is -0.491 e. The second-order valence-electron chi connectivity index (χ2n) is 1.92. The van der Waals surface area contributed by atoms with Gasteiger partial charge in [-0.3, -0.25) is 0 Å². The molecule has 1 aliphatic heterocycles. The van der Waals surface area contributed by atoms with Gasteiger partial charge in [0.15, 0.2) is 0 Å². The van der Waals surface area contributed by atoms with Crippen LogP contribution in [0.4, 0.5) is 0 Å². The van der Waals surface area contributed by atoms with Gasteiger partial charge < -0.3 is 9.72 Å². The van der Waals surface area contributed by atoms with Gasteiger partial charge in [0.25, 0.3) is 0 Å². The molecular weight excluding hydrogens is 102 g/mol. The molecular formula is C6H7NO. The summed E-state index contributed by atoms with van der Waals surface area (Å²) < 4.78 is 5.21. The van der Waals surface area contributed by atoms with Gasteiger partial charge in [0.05, 0.1) is 12.3 Å². The molecule has 1 N–H and O–H groups in total. The van der Waals surface area contributed by atoms with Crippen LogP contribution in [0, 0.1) is 0 Å². The van der Waals surface area contributed by atoms with Crippen molar-refractivity contribution in [3.63, 3.8) is 0 Å². The lowest BCUT2D eigenvalue weighted by molar-refractivity contribution is 0.357. The van der Waals surface area contributed by atoms with Crippen molar-refractivity contribution in [2.75, 3.05) is 6.61 Å². The van der Waals surface area contributed by atoms with Crippen LogP contribution in [0.1, 0.15) is 5.69 Å². The number of hydrogen-bond donors (Lipinski definition) is 1. The summed E-state index contributed by atoms with van der Waals surface area (Å²) in [5.41, 5.74) is 1.24. The van der Waals surface area contributed by atoms with Gasteiger partial charge in [-0.2, -0.15) is 0 Å². The molecule has 0 bridgehead atoms. The topological polar surface area (TPSA) is 25.0 Å². The zero-order valence-electron chi connectivity index (χ0n) is 4.48. The monoisotopic (exact) mass is 109 g/mol. The highest BCUT2D eigenvalue weighted by atomic mass is 16.5. The second kappa shape index (κ2) is 1.28. The summed E-state index contributed by atoms with van der Waals surface area (Å²) in [7, 11) is 0. The molecule has 2 nitrogen and oxygen atoms in total. The Morgan fingerprint density at radius 2 is 2.62 bits per heavy atom. The number of ether oxygens (including phenoxy) is 1. The molecule has 0 amide bonds. The molecule has 2 heterocycles. The number of aromatic amines is 1. The van der Waals surface area contributed by atoms with Crippen molar-refractivity contribution in [3.05, 3.63) is 18.0 Å². The van der Waals surface area contributed by atoms with Crippen LogP contribution in [0.5, 0.6) is 5.75 Å². The zero-order chi connectivity index (χ0) is 5.40. The number of H-pyrrole nitrogens is 1. The predicted molar refractivity (Wildman–Crippen MR) is 30.0 cm³/mol. The van der Waals surface area contributed by atoms with Crippen LogP contribution in [0.15, 0.2) is 12.3 Å². The Labute approximate surface area is 47.5 Å². The van der Waals surface area contributed by atoms with E-state index in [-0.39, 0.29) is 0 Å². The Morgan fingerprint density at radius 1 is 1.62 bits per heavy atom. The lowest BCUT2D eigenvalue weighted by Gasteiger charge is -1.86. The van der Waals surface area contributed by atoms with Crippen LogP contribution >= 0.6 is 0 Å². The Hall–Kier alpha value is -0.920. The van der Waals surface area contributed by atoms with Gasteiger partial charge in [-0.1, -0.05) is 0 Å². The van der Waals surface area contributed by atoms with Crippen LogP contribution in [0.25, 0.3) is 0 Å². The van der Waals surface area contributed by atoms with Crippen LogP contribution < -0.4 is 4.74 Å². The Morgan fingerprint density at radius 3 is 3.50 bits per heavy atom. The number of hydrogen-bond acceptors (Lipinski definition) is 1.